The van der Waals surface area contributed by atoms with Crippen LogP contribution in [-0.2, 0) is 14.4 Å². The lowest BCUT2D eigenvalue weighted by molar-refractivity contribution is -0.00697. The Hall–Kier alpha value is -2.45. The van der Waals surface area contributed by atoms with Crippen LogP contribution in [0.4, 0.5) is 4.79 Å². The molecule has 7 heteroatoms. The summed E-state index contributed by atoms with van der Waals surface area (Å²) in [5, 5.41) is 2.04. The predicted molar refractivity (Wildman–Crippen MR) is 90.3 cm³/mol. The minimum Gasteiger partial charge on any atom is -0.376 e. The fourth-order valence-electron chi connectivity index (χ4n) is 2.61. The first-order chi connectivity index (χ1) is 11.8. The summed E-state index contributed by atoms with van der Waals surface area (Å²) in [6.45, 7) is 1.25. The summed E-state index contributed by atoms with van der Waals surface area (Å²) >= 11 is 0. The minimum atomic E-state index is -0.349. The van der Waals surface area contributed by atoms with E-state index in [1.807, 2.05) is 48.5 Å². The highest BCUT2D eigenvalue weighted by Gasteiger charge is 2.15. The van der Waals surface area contributed by atoms with E-state index in [1.165, 1.54) is 0 Å². The summed E-state index contributed by atoms with van der Waals surface area (Å²) in [6.07, 6.45) is 0. The zero-order valence-corrected chi connectivity index (χ0v) is 13.1. The molecule has 0 spiro atoms. The first kappa shape index (κ1) is 16.4. The van der Waals surface area contributed by atoms with Crippen molar-refractivity contribution in [2.24, 2.45) is 5.90 Å². The molecule has 0 radical (unpaired) electrons. The van der Waals surface area contributed by atoms with E-state index in [4.69, 9.17) is 15.5 Å². The molecule has 3 rings (SSSR count). The predicted octanol–water partition coefficient (Wildman–Crippen LogP) is 2.19. The molecule has 0 aliphatic rings. The molecular formula is C17H19N3O4. The zero-order valence-electron chi connectivity index (χ0n) is 13.1. The molecule has 3 aromatic rings. The number of amides is 1. The number of hydrogen-bond donors (Lipinski definition) is 2. The third-order valence-electron chi connectivity index (χ3n) is 3.62. The maximum atomic E-state index is 12.5. The highest BCUT2D eigenvalue weighted by atomic mass is 16.7. The Morgan fingerprint density at radius 2 is 1.50 bits per heavy atom. The van der Waals surface area contributed by atoms with Crippen molar-refractivity contribution >= 4 is 27.8 Å². The summed E-state index contributed by atoms with van der Waals surface area (Å²) in [7, 11) is 0. The molecule has 1 aromatic heterocycles. The van der Waals surface area contributed by atoms with Gasteiger partial charge >= 0.3 is 6.03 Å². The van der Waals surface area contributed by atoms with Gasteiger partial charge in [-0.15, -0.1) is 0 Å². The molecule has 1 amide bonds. The van der Waals surface area contributed by atoms with E-state index in [0.29, 0.717) is 19.8 Å². The first-order valence-corrected chi connectivity index (χ1v) is 7.62. The van der Waals surface area contributed by atoms with Crippen LogP contribution in [0.3, 0.4) is 0 Å². The second-order valence-electron chi connectivity index (χ2n) is 5.11. The Morgan fingerprint density at radius 1 is 0.917 bits per heavy atom. The average Bonchev–Trinajstić information content (AvgIpc) is 2.95. The largest absolute Gasteiger partial charge is 0.376 e. The fraction of sp³-hybridized carbons (Fsp3) is 0.235. The molecule has 0 aliphatic carbocycles. The number of fused-ring (bicyclic) bond motifs is 3. The third kappa shape index (κ3) is 3.39. The van der Waals surface area contributed by atoms with Gasteiger partial charge in [-0.05, 0) is 12.1 Å². The van der Waals surface area contributed by atoms with E-state index in [-0.39, 0.29) is 12.6 Å². The standard InChI is InChI=1S/C17H19N3O4/c18-23-11-9-22-10-12-24-19-17(21)20-15-7-3-1-5-13(15)14-6-2-4-8-16(14)20/h1-8H,9-12,18H2,(H,19,21). The van der Waals surface area contributed by atoms with Gasteiger partial charge in [-0.3, -0.25) is 9.40 Å². The number of carbonyl (C=O) groups is 1. The quantitative estimate of drug-likeness (QED) is 0.512. The van der Waals surface area contributed by atoms with Gasteiger partial charge in [0.1, 0.15) is 0 Å². The number of rotatable bonds is 7. The van der Waals surface area contributed by atoms with E-state index in [1.54, 1.807) is 4.57 Å². The van der Waals surface area contributed by atoms with Crippen molar-refractivity contribution in [2.75, 3.05) is 26.4 Å². The fourth-order valence-corrected chi connectivity index (χ4v) is 2.61. The molecule has 0 bridgehead atoms. The molecular weight excluding hydrogens is 310 g/mol. The number of hydrogen-bond acceptors (Lipinski definition) is 5. The molecule has 0 fully saturated rings. The monoisotopic (exact) mass is 329 g/mol. The van der Waals surface area contributed by atoms with Gasteiger partial charge in [0.2, 0.25) is 0 Å². The molecule has 2 aromatic carbocycles. The third-order valence-corrected chi connectivity index (χ3v) is 3.62. The Balaban J connectivity index is 1.70. The van der Waals surface area contributed by atoms with Crippen molar-refractivity contribution in [1.82, 2.24) is 10.0 Å². The van der Waals surface area contributed by atoms with Crippen LogP contribution >= 0.6 is 0 Å². The molecule has 7 nitrogen and oxygen atoms in total. The van der Waals surface area contributed by atoms with Crippen LogP contribution in [0.15, 0.2) is 48.5 Å². The Morgan fingerprint density at radius 3 is 2.12 bits per heavy atom. The molecule has 0 atom stereocenters. The SMILES string of the molecule is NOCCOCCONC(=O)n1c2ccccc2c2ccccc21. The number of nitrogens with zero attached hydrogens (tertiary/aromatic N) is 1. The van der Waals surface area contributed by atoms with E-state index < -0.39 is 0 Å². The molecule has 0 saturated carbocycles. The van der Waals surface area contributed by atoms with Crippen molar-refractivity contribution in [3.05, 3.63) is 48.5 Å². The first-order valence-electron chi connectivity index (χ1n) is 7.62. The Labute approximate surface area is 138 Å². The number of aromatic nitrogens is 1. The lowest BCUT2D eigenvalue weighted by Gasteiger charge is -2.09. The summed E-state index contributed by atoms with van der Waals surface area (Å²) in [4.78, 5) is 22.1. The molecule has 126 valence electrons. The summed E-state index contributed by atoms with van der Waals surface area (Å²) in [5.41, 5.74) is 4.11. The minimum absolute atomic E-state index is 0.230. The van der Waals surface area contributed by atoms with E-state index in [2.05, 4.69) is 10.3 Å². The zero-order chi connectivity index (χ0) is 16.8. The maximum Gasteiger partial charge on any atom is 0.350 e. The van der Waals surface area contributed by atoms with E-state index in [9.17, 15) is 4.79 Å². The van der Waals surface area contributed by atoms with Crippen LogP contribution in [0.1, 0.15) is 0 Å². The number of nitrogens with two attached hydrogens (primary N) is 1. The number of hydroxylamine groups is 1. The van der Waals surface area contributed by atoms with Crippen LogP contribution in [0.25, 0.3) is 21.8 Å². The molecule has 24 heavy (non-hydrogen) atoms. The van der Waals surface area contributed by atoms with Gasteiger partial charge in [0.05, 0.1) is 37.5 Å². The van der Waals surface area contributed by atoms with E-state index >= 15 is 0 Å². The number of benzene rings is 2. The van der Waals surface area contributed by atoms with Crippen LogP contribution in [0.5, 0.6) is 0 Å². The number of ether oxygens (including phenoxy) is 1. The van der Waals surface area contributed by atoms with Gasteiger partial charge in [-0.25, -0.2) is 16.2 Å². The maximum absolute atomic E-state index is 12.5. The van der Waals surface area contributed by atoms with Crippen molar-refractivity contribution in [1.29, 1.82) is 0 Å². The molecule has 0 saturated heterocycles. The van der Waals surface area contributed by atoms with Crippen LogP contribution < -0.4 is 11.4 Å². The number of nitrogens with one attached hydrogen (secondary N) is 1. The van der Waals surface area contributed by atoms with Crippen molar-refractivity contribution in [3.8, 4) is 0 Å². The van der Waals surface area contributed by atoms with Crippen molar-refractivity contribution in [3.63, 3.8) is 0 Å². The second-order valence-corrected chi connectivity index (χ2v) is 5.11. The second kappa shape index (κ2) is 7.89. The highest BCUT2D eigenvalue weighted by molar-refractivity contribution is 6.12. The van der Waals surface area contributed by atoms with Crippen LogP contribution in [-0.4, -0.2) is 37.0 Å². The topological polar surface area (TPSA) is 87.7 Å². The lowest BCUT2D eigenvalue weighted by Crippen LogP contribution is -2.29. The summed E-state index contributed by atoms with van der Waals surface area (Å²) in [5.74, 6) is 4.88. The average molecular weight is 329 g/mol. The lowest BCUT2D eigenvalue weighted by atomic mass is 10.2. The van der Waals surface area contributed by atoms with Gasteiger partial charge < -0.3 is 9.57 Å². The highest BCUT2D eigenvalue weighted by Crippen LogP contribution is 2.28. The van der Waals surface area contributed by atoms with Crippen molar-refractivity contribution < 1.29 is 19.2 Å². The van der Waals surface area contributed by atoms with Gasteiger partial charge in [0.15, 0.2) is 0 Å². The molecule has 0 aliphatic heterocycles. The van der Waals surface area contributed by atoms with Crippen LogP contribution in [0, 0.1) is 0 Å². The van der Waals surface area contributed by atoms with Gasteiger partial charge in [0, 0.05) is 10.8 Å². The number of para-hydroxylation sites is 2. The molecule has 3 N–H and O–H groups in total. The van der Waals surface area contributed by atoms with Crippen LogP contribution in [0.2, 0.25) is 0 Å². The van der Waals surface area contributed by atoms with Gasteiger partial charge in [0.25, 0.3) is 0 Å². The van der Waals surface area contributed by atoms with E-state index in [0.717, 1.165) is 21.8 Å². The summed E-state index contributed by atoms with van der Waals surface area (Å²) in [6, 6.07) is 15.2. The molecule has 1 heterocycles. The smallest absolute Gasteiger partial charge is 0.350 e. The van der Waals surface area contributed by atoms with Gasteiger partial charge in [-0.1, -0.05) is 36.4 Å². The Kier molecular flexibility index (Phi) is 5.39. The number of carbonyl (C=O) groups excluding carboxylic acids is 1. The van der Waals surface area contributed by atoms with Gasteiger partial charge in [-0.2, -0.15) is 0 Å². The normalized spacial score (nSPS) is 11.2. The summed E-state index contributed by atoms with van der Waals surface area (Å²) < 4.78 is 6.80. The Bertz CT molecular complexity index is 778. The molecule has 0 unspecified atom stereocenters. The van der Waals surface area contributed by atoms with Crippen molar-refractivity contribution in [2.45, 2.75) is 0 Å².